The molecule has 0 radical (unpaired) electrons. The van der Waals surface area contributed by atoms with Crippen LogP contribution in [0.25, 0.3) is 0 Å². The van der Waals surface area contributed by atoms with E-state index in [-0.39, 0.29) is 23.4 Å². The third-order valence-corrected chi connectivity index (χ3v) is 4.82. The molecular weight excluding hydrogens is 326 g/mol. The van der Waals surface area contributed by atoms with Crippen LogP contribution in [0.4, 0.5) is 4.79 Å². The Morgan fingerprint density at radius 1 is 1.04 bits per heavy atom. The first-order chi connectivity index (χ1) is 12.1. The lowest BCUT2D eigenvalue weighted by Crippen LogP contribution is -2.44. The lowest BCUT2D eigenvalue weighted by Gasteiger charge is -2.25. The van der Waals surface area contributed by atoms with Crippen LogP contribution in [0.15, 0.2) is 18.2 Å². The lowest BCUT2D eigenvalue weighted by molar-refractivity contribution is 0.0761. The average molecular weight is 360 g/mol. The molecule has 1 N–H and O–H groups in total. The minimum atomic E-state index is -0.0415. The maximum absolute atomic E-state index is 13.1. The summed E-state index contributed by atoms with van der Waals surface area (Å²) in [5.41, 5.74) is 2.95. The number of carbonyl (C=O) groups is 2. The zero-order chi connectivity index (χ0) is 19.5. The van der Waals surface area contributed by atoms with Crippen molar-refractivity contribution >= 4 is 11.9 Å². The lowest BCUT2D eigenvalue weighted by atomic mass is 9.85. The predicted octanol–water partition coefficient (Wildman–Crippen LogP) is 3.56. The molecule has 144 valence electrons. The Morgan fingerprint density at radius 3 is 2.27 bits per heavy atom. The number of nitrogens with one attached hydrogen (secondary N) is 1. The molecule has 1 heterocycles. The molecule has 1 aromatic rings. The molecule has 2 rings (SSSR count). The summed E-state index contributed by atoms with van der Waals surface area (Å²) < 4.78 is 0. The number of aryl methyl sites for hydroxylation is 1. The average Bonchev–Trinajstić information content (AvgIpc) is 2.79. The molecule has 1 fully saturated rings. The summed E-state index contributed by atoms with van der Waals surface area (Å²) in [7, 11) is 0. The van der Waals surface area contributed by atoms with Gasteiger partial charge in [-0.3, -0.25) is 4.79 Å². The van der Waals surface area contributed by atoms with E-state index >= 15 is 0 Å². The minimum Gasteiger partial charge on any atom is -0.337 e. The molecular formula is C21H33N3O2. The SMILES string of the molecule is Cc1ccc(C(C)(C)C)cc1C(=O)N1CCCN(C(=O)NC(C)C)CC1. The molecule has 0 aliphatic carbocycles. The van der Waals surface area contributed by atoms with Gasteiger partial charge in [-0.25, -0.2) is 4.79 Å². The molecule has 0 aromatic heterocycles. The van der Waals surface area contributed by atoms with E-state index in [1.807, 2.05) is 42.7 Å². The van der Waals surface area contributed by atoms with E-state index in [9.17, 15) is 9.59 Å². The molecule has 1 aliphatic rings. The number of benzene rings is 1. The van der Waals surface area contributed by atoms with Gasteiger partial charge in [0.15, 0.2) is 0 Å². The van der Waals surface area contributed by atoms with Crippen molar-refractivity contribution in [1.29, 1.82) is 0 Å². The quantitative estimate of drug-likeness (QED) is 0.878. The first kappa shape index (κ1) is 20.3. The molecule has 0 saturated carbocycles. The van der Waals surface area contributed by atoms with Crippen LogP contribution in [0.5, 0.6) is 0 Å². The Kier molecular flexibility index (Phi) is 6.32. The third-order valence-electron chi connectivity index (χ3n) is 4.82. The van der Waals surface area contributed by atoms with E-state index in [2.05, 4.69) is 32.2 Å². The summed E-state index contributed by atoms with van der Waals surface area (Å²) in [6.45, 7) is 14.9. The Hall–Kier alpha value is -2.04. The summed E-state index contributed by atoms with van der Waals surface area (Å²) in [6, 6.07) is 6.25. The Bertz CT molecular complexity index is 662. The van der Waals surface area contributed by atoms with Crippen molar-refractivity contribution < 1.29 is 9.59 Å². The highest BCUT2D eigenvalue weighted by Gasteiger charge is 2.25. The van der Waals surface area contributed by atoms with Gasteiger partial charge in [-0.05, 0) is 49.8 Å². The molecule has 1 aromatic carbocycles. The minimum absolute atomic E-state index is 0.00719. The Balaban J connectivity index is 2.12. The van der Waals surface area contributed by atoms with Gasteiger partial charge in [0.2, 0.25) is 0 Å². The van der Waals surface area contributed by atoms with E-state index in [1.165, 1.54) is 5.56 Å². The fourth-order valence-corrected chi connectivity index (χ4v) is 3.15. The number of urea groups is 1. The summed E-state index contributed by atoms with van der Waals surface area (Å²) in [5.74, 6) is 0.0692. The van der Waals surface area contributed by atoms with Crippen molar-refractivity contribution in [2.45, 2.75) is 59.4 Å². The van der Waals surface area contributed by atoms with Gasteiger partial charge in [0.25, 0.3) is 5.91 Å². The number of amides is 3. The van der Waals surface area contributed by atoms with Crippen molar-refractivity contribution in [2.24, 2.45) is 0 Å². The smallest absolute Gasteiger partial charge is 0.317 e. The normalized spacial score (nSPS) is 15.8. The second-order valence-corrected chi connectivity index (χ2v) is 8.52. The van der Waals surface area contributed by atoms with E-state index in [1.54, 1.807) is 0 Å². The third kappa shape index (κ3) is 4.99. The molecule has 1 aliphatic heterocycles. The second-order valence-electron chi connectivity index (χ2n) is 8.52. The van der Waals surface area contributed by atoms with Crippen molar-refractivity contribution in [3.63, 3.8) is 0 Å². The Labute approximate surface area is 157 Å². The fourth-order valence-electron chi connectivity index (χ4n) is 3.15. The van der Waals surface area contributed by atoms with E-state index in [0.29, 0.717) is 26.2 Å². The number of nitrogens with zero attached hydrogens (tertiary/aromatic N) is 2. The number of hydrogen-bond donors (Lipinski definition) is 1. The van der Waals surface area contributed by atoms with Crippen LogP contribution in [0.3, 0.4) is 0 Å². The topological polar surface area (TPSA) is 52.7 Å². The first-order valence-corrected chi connectivity index (χ1v) is 9.55. The summed E-state index contributed by atoms with van der Waals surface area (Å²) in [6.07, 6.45) is 0.801. The molecule has 0 bridgehead atoms. The summed E-state index contributed by atoms with van der Waals surface area (Å²) >= 11 is 0. The summed E-state index contributed by atoms with van der Waals surface area (Å²) in [5, 5.41) is 2.93. The molecule has 26 heavy (non-hydrogen) atoms. The monoisotopic (exact) mass is 359 g/mol. The number of carbonyl (C=O) groups excluding carboxylic acids is 2. The van der Waals surface area contributed by atoms with Crippen molar-refractivity contribution in [1.82, 2.24) is 15.1 Å². The van der Waals surface area contributed by atoms with Gasteiger partial charge in [-0.2, -0.15) is 0 Å². The van der Waals surface area contributed by atoms with Crippen LogP contribution in [-0.2, 0) is 5.41 Å². The highest BCUT2D eigenvalue weighted by atomic mass is 16.2. The number of hydrogen-bond acceptors (Lipinski definition) is 2. The standard InChI is InChI=1S/C21H33N3O2/c1-15(2)22-20(26)24-11-7-10-23(12-13-24)19(25)18-14-17(21(4,5)6)9-8-16(18)3/h8-9,14-15H,7,10-13H2,1-6H3,(H,22,26). The van der Waals surface area contributed by atoms with Gasteiger partial charge in [-0.1, -0.05) is 32.9 Å². The van der Waals surface area contributed by atoms with Gasteiger partial charge in [0, 0.05) is 37.8 Å². The van der Waals surface area contributed by atoms with Gasteiger partial charge < -0.3 is 15.1 Å². The largest absolute Gasteiger partial charge is 0.337 e. The highest BCUT2D eigenvalue weighted by molar-refractivity contribution is 5.96. The van der Waals surface area contributed by atoms with Crippen LogP contribution in [-0.4, -0.2) is 54.0 Å². The molecule has 0 unspecified atom stereocenters. The fraction of sp³-hybridized carbons (Fsp3) is 0.619. The Morgan fingerprint density at radius 2 is 1.65 bits per heavy atom. The van der Waals surface area contributed by atoms with Gasteiger partial charge in [0.1, 0.15) is 0 Å². The molecule has 5 nitrogen and oxygen atoms in total. The van der Waals surface area contributed by atoms with Crippen LogP contribution in [0.1, 0.15) is 62.5 Å². The van der Waals surface area contributed by atoms with E-state index in [0.717, 1.165) is 17.5 Å². The molecule has 3 amide bonds. The second kappa shape index (κ2) is 8.11. The maximum Gasteiger partial charge on any atom is 0.317 e. The van der Waals surface area contributed by atoms with Gasteiger partial charge in [-0.15, -0.1) is 0 Å². The van der Waals surface area contributed by atoms with Crippen molar-refractivity contribution in [2.75, 3.05) is 26.2 Å². The van der Waals surface area contributed by atoms with Gasteiger partial charge in [0.05, 0.1) is 0 Å². The maximum atomic E-state index is 13.1. The van der Waals surface area contributed by atoms with Gasteiger partial charge >= 0.3 is 6.03 Å². The first-order valence-electron chi connectivity index (χ1n) is 9.55. The molecule has 1 saturated heterocycles. The predicted molar refractivity (Wildman–Crippen MR) is 106 cm³/mol. The van der Waals surface area contributed by atoms with Crippen LogP contribution in [0.2, 0.25) is 0 Å². The van der Waals surface area contributed by atoms with E-state index in [4.69, 9.17) is 0 Å². The highest BCUT2D eigenvalue weighted by Crippen LogP contribution is 2.25. The zero-order valence-corrected chi connectivity index (χ0v) is 17.1. The van der Waals surface area contributed by atoms with Crippen LogP contribution < -0.4 is 5.32 Å². The van der Waals surface area contributed by atoms with Crippen LogP contribution in [0, 0.1) is 6.92 Å². The van der Waals surface area contributed by atoms with Crippen molar-refractivity contribution in [3.8, 4) is 0 Å². The zero-order valence-electron chi connectivity index (χ0n) is 17.1. The summed E-state index contributed by atoms with van der Waals surface area (Å²) in [4.78, 5) is 29.0. The van der Waals surface area contributed by atoms with Crippen LogP contribution >= 0.6 is 0 Å². The van der Waals surface area contributed by atoms with E-state index < -0.39 is 0 Å². The van der Waals surface area contributed by atoms with Crippen molar-refractivity contribution in [3.05, 3.63) is 34.9 Å². The number of rotatable bonds is 2. The molecule has 0 spiro atoms. The molecule has 0 atom stereocenters. The molecule has 5 heteroatoms.